The Bertz CT molecular complexity index is 478. The number of rotatable bonds is 4. The lowest BCUT2D eigenvalue weighted by atomic mass is 10.1. The number of aromatic nitrogens is 2. The fourth-order valence-corrected chi connectivity index (χ4v) is 1.83. The molecule has 0 radical (unpaired) electrons. The van der Waals surface area contributed by atoms with Crippen LogP contribution in [0.1, 0.15) is 19.2 Å². The summed E-state index contributed by atoms with van der Waals surface area (Å²) in [5.74, 6) is 1.55. The van der Waals surface area contributed by atoms with E-state index in [0.29, 0.717) is 5.92 Å². The van der Waals surface area contributed by atoms with Crippen LogP contribution in [0.2, 0.25) is 5.02 Å². The molecule has 1 aromatic heterocycles. The summed E-state index contributed by atoms with van der Waals surface area (Å²) in [6.45, 7) is 2.88. The van der Waals surface area contributed by atoms with Crippen molar-refractivity contribution >= 4 is 22.6 Å². The first kappa shape index (κ1) is 11.4. The van der Waals surface area contributed by atoms with Gasteiger partial charge in [-0.3, -0.25) is 0 Å². The van der Waals surface area contributed by atoms with Crippen molar-refractivity contribution in [3.8, 4) is 0 Å². The second kappa shape index (κ2) is 4.85. The van der Waals surface area contributed by atoms with Gasteiger partial charge in [0, 0.05) is 11.4 Å². The summed E-state index contributed by atoms with van der Waals surface area (Å²) < 4.78 is 0. The highest BCUT2D eigenvalue weighted by molar-refractivity contribution is 6.31. The van der Waals surface area contributed by atoms with Crippen molar-refractivity contribution in [3.63, 3.8) is 0 Å². The van der Waals surface area contributed by atoms with Crippen molar-refractivity contribution in [1.82, 2.24) is 9.97 Å². The molecule has 4 heteroatoms. The lowest BCUT2D eigenvalue weighted by Crippen LogP contribution is -2.11. The highest BCUT2D eigenvalue weighted by atomic mass is 35.5. The molecule has 0 aliphatic carbocycles. The third-order valence-electron chi connectivity index (χ3n) is 2.77. The smallest absolute Gasteiger partial charge is 0.107 e. The molecule has 3 N–H and O–H groups in total. The van der Waals surface area contributed by atoms with Gasteiger partial charge < -0.3 is 10.7 Å². The van der Waals surface area contributed by atoms with Crippen molar-refractivity contribution in [2.75, 3.05) is 6.54 Å². The molecule has 0 saturated carbocycles. The molecule has 0 aliphatic heterocycles. The molecule has 0 saturated heterocycles. The number of benzene rings is 1. The molecule has 2 aromatic rings. The fourth-order valence-electron chi connectivity index (χ4n) is 1.65. The van der Waals surface area contributed by atoms with Crippen molar-refractivity contribution < 1.29 is 0 Å². The number of aromatic amines is 1. The van der Waals surface area contributed by atoms with Crippen LogP contribution >= 0.6 is 11.6 Å². The number of nitrogens with one attached hydrogen (secondary N) is 1. The molecule has 0 aliphatic rings. The molecule has 0 bridgehead atoms. The minimum atomic E-state index is 0.539. The summed E-state index contributed by atoms with van der Waals surface area (Å²) in [6.07, 6.45) is 1.99. The van der Waals surface area contributed by atoms with Crippen LogP contribution in [-0.2, 0) is 6.42 Å². The van der Waals surface area contributed by atoms with E-state index in [9.17, 15) is 0 Å². The fraction of sp³-hybridized carbons (Fsp3) is 0.417. The zero-order valence-corrected chi connectivity index (χ0v) is 10.1. The number of hydrogen-bond acceptors (Lipinski definition) is 2. The predicted octanol–water partition coefficient (Wildman–Crippen LogP) is 2.74. The average Bonchev–Trinajstić information content (AvgIpc) is 2.67. The molecule has 0 spiro atoms. The van der Waals surface area contributed by atoms with Crippen molar-refractivity contribution in [3.05, 3.63) is 29.0 Å². The first-order valence-corrected chi connectivity index (χ1v) is 5.91. The number of halogens is 1. The SMILES string of the molecule is CC(CN)CCc1nc2ccc(Cl)cc2[nH]1. The summed E-state index contributed by atoms with van der Waals surface area (Å²) in [4.78, 5) is 7.78. The topological polar surface area (TPSA) is 54.7 Å². The van der Waals surface area contributed by atoms with Gasteiger partial charge in [-0.1, -0.05) is 18.5 Å². The van der Waals surface area contributed by atoms with E-state index >= 15 is 0 Å². The maximum absolute atomic E-state index is 5.91. The Morgan fingerprint density at radius 1 is 1.50 bits per heavy atom. The second-order valence-electron chi connectivity index (χ2n) is 4.22. The van der Waals surface area contributed by atoms with E-state index in [-0.39, 0.29) is 0 Å². The van der Waals surface area contributed by atoms with Gasteiger partial charge in [0.25, 0.3) is 0 Å². The van der Waals surface area contributed by atoms with Crippen LogP contribution in [0, 0.1) is 5.92 Å². The number of nitrogens with two attached hydrogens (primary N) is 1. The third kappa shape index (κ3) is 2.54. The Hall–Kier alpha value is -1.06. The molecule has 86 valence electrons. The maximum atomic E-state index is 5.91. The molecule has 1 atom stereocenters. The van der Waals surface area contributed by atoms with Crippen LogP contribution in [0.3, 0.4) is 0 Å². The van der Waals surface area contributed by atoms with Gasteiger partial charge in [0.1, 0.15) is 5.82 Å². The van der Waals surface area contributed by atoms with E-state index in [2.05, 4.69) is 16.9 Å². The lowest BCUT2D eigenvalue weighted by Gasteiger charge is -2.05. The zero-order valence-electron chi connectivity index (χ0n) is 9.33. The Morgan fingerprint density at radius 3 is 3.06 bits per heavy atom. The summed E-state index contributed by atoms with van der Waals surface area (Å²) in [7, 11) is 0. The number of nitrogens with zero attached hydrogens (tertiary/aromatic N) is 1. The van der Waals surface area contributed by atoms with Crippen LogP contribution in [-0.4, -0.2) is 16.5 Å². The van der Waals surface area contributed by atoms with Gasteiger partial charge in [-0.25, -0.2) is 4.98 Å². The Morgan fingerprint density at radius 2 is 2.31 bits per heavy atom. The molecule has 0 amide bonds. The Labute approximate surface area is 100 Å². The summed E-state index contributed by atoms with van der Waals surface area (Å²) in [6, 6.07) is 5.70. The maximum Gasteiger partial charge on any atom is 0.107 e. The second-order valence-corrected chi connectivity index (χ2v) is 4.66. The van der Waals surface area contributed by atoms with Crippen molar-refractivity contribution in [2.45, 2.75) is 19.8 Å². The van der Waals surface area contributed by atoms with Gasteiger partial charge in [0.2, 0.25) is 0 Å². The normalized spacial score (nSPS) is 13.2. The minimum absolute atomic E-state index is 0.539. The third-order valence-corrected chi connectivity index (χ3v) is 3.00. The first-order valence-electron chi connectivity index (χ1n) is 5.53. The monoisotopic (exact) mass is 237 g/mol. The molecule has 1 aromatic carbocycles. The lowest BCUT2D eigenvalue weighted by molar-refractivity contribution is 0.538. The van der Waals surface area contributed by atoms with Crippen LogP contribution in [0.15, 0.2) is 18.2 Å². The molecule has 1 heterocycles. The van der Waals surface area contributed by atoms with Gasteiger partial charge in [0.05, 0.1) is 11.0 Å². The summed E-state index contributed by atoms with van der Waals surface area (Å²) in [5, 5.41) is 0.734. The van der Waals surface area contributed by atoms with E-state index in [1.807, 2.05) is 18.2 Å². The number of imidazole rings is 1. The number of aryl methyl sites for hydroxylation is 1. The van der Waals surface area contributed by atoms with E-state index < -0.39 is 0 Å². The Balaban J connectivity index is 2.13. The molecule has 3 nitrogen and oxygen atoms in total. The van der Waals surface area contributed by atoms with Gasteiger partial charge in [-0.05, 0) is 37.1 Å². The highest BCUT2D eigenvalue weighted by Crippen LogP contribution is 2.18. The molecular weight excluding hydrogens is 222 g/mol. The first-order chi connectivity index (χ1) is 7.69. The quantitative estimate of drug-likeness (QED) is 0.859. The molecular formula is C12H16ClN3. The van der Waals surface area contributed by atoms with Crippen LogP contribution in [0.25, 0.3) is 11.0 Å². The van der Waals surface area contributed by atoms with Gasteiger partial charge >= 0.3 is 0 Å². The van der Waals surface area contributed by atoms with Crippen LogP contribution in [0.4, 0.5) is 0 Å². The molecule has 2 rings (SSSR count). The van der Waals surface area contributed by atoms with Crippen LogP contribution < -0.4 is 5.73 Å². The summed E-state index contributed by atoms with van der Waals surface area (Å²) >= 11 is 5.91. The Kier molecular flexibility index (Phi) is 3.46. The molecule has 16 heavy (non-hydrogen) atoms. The predicted molar refractivity (Wildman–Crippen MR) is 67.6 cm³/mol. The van der Waals surface area contributed by atoms with Gasteiger partial charge in [-0.2, -0.15) is 0 Å². The number of hydrogen-bond donors (Lipinski definition) is 2. The van der Waals surface area contributed by atoms with E-state index in [0.717, 1.165) is 41.3 Å². The average molecular weight is 238 g/mol. The minimum Gasteiger partial charge on any atom is -0.342 e. The number of H-pyrrole nitrogens is 1. The van der Waals surface area contributed by atoms with E-state index in [4.69, 9.17) is 17.3 Å². The zero-order chi connectivity index (χ0) is 11.5. The van der Waals surface area contributed by atoms with Crippen molar-refractivity contribution in [2.24, 2.45) is 11.7 Å². The van der Waals surface area contributed by atoms with Gasteiger partial charge in [0.15, 0.2) is 0 Å². The van der Waals surface area contributed by atoms with E-state index in [1.165, 1.54) is 0 Å². The number of fused-ring (bicyclic) bond motifs is 1. The standard InChI is InChI=1S/C12H16ClN3/c1-8(7-14)2-5-12-15-10-4-3-9(13)6-11(10)16-12/h3-4,6,8H,2,5,7,14H2,1H3,(H,15,16). The van der Waals surface area contributed by atoms with Gasteiger partial charge in [-0.15, -0.1) is 0 Å². The van der Waals surface area contributed by atoms with E-state index in [1.54, 1.807) is 0 Å². The molecule has 0 fully saturated rings. The van der Waals surface area contributed by atoms with Crippen LogP contribution in [0.5, 0.6) is 0 Å². The summed E-state index contributed by atoms with van der Waals surface area (Å²) in [5.41, 5.74) is 7.56. The molecule has 1 unspecified atom stereocenters. The van der Waals surface area contributed by atoms with Crippen molar-refractivity contribution in [1.29, 1.82) is 0 Å². The largest absolute Gasteiger partial charge is 0.342 e. The highest BCUT2D eigenvalue weighted by Gasteiger charge is 2.05.